The van der Waals surface area contributed by atoms with Gasteiger partial charge in [0.1, 0.15) is 17.6 Å². The molecule has 1 atom stereocenters. The van der Waals surface area contributed by atoms with Crippen molar-refractivity contribution < 1.29 is 13.9 Å². The molecule has 0 unspecified atom stereocenters. The van der Waals surface area contributed by atoms with E-state index in [0.717, 1.165) is 0 Å². The zero-order valence-electron chi connectivity index (χ0n) is 11.9. The molecule has 0 aliphatic carbocycles. The lowest BCUT2D eigenvalue weighted by atomic mass is 10.2. The van der Waals surface area contributed by atoms with Crippen molar-refractivity contribution in [2.75, 3.05) is 17.7 Å². The van der Waals surface area contributed by atoms with Crippen LogP contribution in [0.2, 0.25) is 0 Å². The van der Waals surface area contributed by atoms with E-state index in [9.17, 15) is 9.18 Å². The van der Waals surface area contributed by atoms with Gasteiger partial charge in [-0.3, -0.25) is 4.79 Å². The Labute approximate surface area is 122 Å². The molecule has 2 N–H and O–H groups in total. The van der Waals surface area contributed by atoms with E-state index < -0.39 is 11.9 Å². The number of methoxy groups -OCH3 is 1. The highest BCUT2D eigenvalue weighted by Crippen LogP contribution is 2.24. The van der Waals surface area contributed by atoms with Crippen LogP contribution in [-0.4, -0.2) is 19.1 Å². The van der Waals surface area contributed by atoms with Gasteiger partial charge < -0.3 is 15.4 Å². The van der Waals surface area contributed by atoms with Crippen molar-refractivity contribution in [2.45, 2.75) is 13.0 Å². The fourth-order valence-corrected chi connectivity index (χ4v) is 1.87. The Morgan fingerprint density at radius 2 is 1.71 bits per heavy atom. The number of amides is 1. The number of nitrogens with one attached hydrogen (secondary N) is 2. The van der Waals surface area contributed by atoms with E-state index in [1.54, 1.807) is 32.2 Å². The summed E-state index contributed by atoms with van der Waals surface area (Å²) >= 11 is 0. The van der Waals surface area contributed by atoms with Gasteiger partial charge in [-0.2, -0.15) is 0 Å². The molecular weight excluding hydrogens is 271 g/mol. The zero-order chi connectivity index (χ0) is 15.2. The highest BCUT2D eigenvalue weighted by atomic mass is 19.1. The number of carbonyl (C=O) groups excluding carboxylic acids is 1. The predicted octanol–water partition coefficient (Wildman–Crippen LogP) is 3.27. The summed E-state index contributed by atoms with van der Waals surface area (Å²) < 4.78 is 18.7. The number of para-hydroxylation sites is 3. The predicted molar refractivity (Wildman–Crippen MR) is 81.1 cm³/mol. The van der Waals surface area contributed by atoms with Gasteiger partial charge in [-0.25, -0.2) is 4.39 Å². The second-order valence-corrected chi connectivity index (χ2v) is 4.54. The number of hydrogen-bond acceptors (Lipinski definition) is 3. The standard InChI is InChI=1S/C16H17FN2O2/c1-11(18-14-9-5-6-10-15(14)21-2)16(20)19-13-8-4-3-7-12(13)17/h3-11,18H,1-2H3,(H,19,20)/t11-/m0/s1. The Kier molecular flexibility index (Phi) is 4.77. The minimum Gasteiger partial charge on any atom is -0.495 e. The number of rotatable bonds is 5. The van der Waals surface area contributed by atoms with Gasteiger partial charge in [0, 0.05) is 0 Å². The van der Waals surface area contributed by atoms with Crippen LogP contribution >= 0.6 is 0 Å². The smallest absolute Gasteiger partial charge is 0.246 e. The maximum absolute atomic E-state index is 13.5. The Morgan fingerprint density at radius 3 is 2.38 bits per heavy atom. The van der Waals surface area contributed by atoms with Gasteiger partial charge in [-0.1, -0.05) is 24.3 Å². The second-order valence-electron chi connectivity index (χ2n) is 4.54. The van der Waals surface area contributed by atoms with Crippen LogP contribution in [0.15, 0.2) is 48.5 Å². The Balaban J connectivity index is 2.05. The lowest BCUT2D eigenvalue weighted by Gasteiger charge is -2.17. The van der Waals surface area contributed by atoms with E-state index >= 15 is 0 Å². The molecule has 2 aromatic carbocycles. The van der Waals surface area contributed by atoms with Crippen molar-refractivity contribution in [3.05, 3.63) is 54.3 Å². The Bertz CT molecular complexity index is 631. The summed E-state index contributed by atoms with van der Waals surface area (Å²) in [6.45, 7) is 1.70. The number of benzene rings is 2. The van der Waals surface area contributed by atoms with Gasteiger partial charge in [0.2, 0.25) is 5.91 Å². The highest BCUT2D eigenvalue weighted by Gasteiger charge is 2.15. The zero-order valence-corrected chi connectivity index (χ0v) is 11.9. The lowest BCUT2D eigenvalue weighted by molar-refractivity contribution is -0.116. The van der Waals surface area contributed by atoms with Crippen LogP contribution in [0.1, 0.15) is 6.92 Å². The van der Waals surface area contributed by atoms with Crippen LogP contribution < -0.4 is 15.4 Å². The third-order valence-electron chi connectivity index (χ3n) is 3.00. The van der Waals surface area contributed by atoms with Gasteiger partial charge in [0.15, 0.2) is 0 Å². The third kappa shape index (κ3) is 3.72. The average molecular weight is 288 g/mol. The number of anilines is 2. The maximum Gasteiger partial charge on any atom is 0.246 e. The molecule has 0 saturated heterocycles. The highest BCUT2D eigenvalue weighted by molar-refractivity contribution is 5.96. The molecule has 5 heteroatoms. The molecule has 0 bridgehead atoms. The summed E-state index contributed by atoms with van der Waals surface area (Å²) in [5.41, 5.74) is 0.868. The van der Waals surface area contributed by atoms with E-state index in [2.05, 4.69) is 10.6 Å². The SMILES string of the molecule is COc1ccccc1N[C@@H](C)C(=O)Nc1ccccc1F. The van der Waals surface area contributed by atoms with Crippen molar-refractivity contribution in [1.29, 1.82) is 0 Å². The molecule has 0 aromatic heterocycles. The number of ether oxygens (including phenoxy) is 1. The lowest BCUT2D eigenvalue weighted by Crippen LogP contribution is -2.32. The molecule has 1 amide bonds. The van der Waals surface area contributed by atoms with E-state index in [0.29, 0.717) is 11.4 Å². The van der Waals surface area contributed by atoms with E-state index in [1.165, 1.54) is 12.1 Å². The van der Waals surface area contributed by atoms with Crippen molar-refractivity contribution >= 4 is 17.3 Å². The molecular formula is C16H17FN2O2. The number of halogens is 1. The van der Waals surface area contributed by atoms with Gasteiger partial charge in [-0.15, -0.1) is 0 Å². The molecule has 110 valence electrons. The van der Waals surface area contributed by atoms with E-state index in [-0.39, 0.29) is 11.6 Å². The van der Waals surface area contributed by atoms with Crippen LogP contribution in [0.5, 0.6) is 5.75 Å². The topological polar surface area (TPSA) is 50.4 Å². The summed E-state index contributed by atoms with van der Waals surface area (Å²) in [6.07, 6.45) is 0. The van der Waals surface area contributed by atoms with Crippen LogP contribution in [0.25, 0.3) is 0 Å². The molecule has 21 heavy (non-hydrogen) atoms. The first-order valence-corrected chi connectivity index (χ1v) is 6.56. The van der Waals surface area contributed by atoms with Gasteiger partial charge in [0.25, 0.3) is 0 Å². The van der Waals surface area contributed by atoms with Crippen molar-refractivity contribution in [3.8, 4) is 5.75 Å². The third-order valence-corrected chi connectivity index (χ3v) is 3.00. The Morgan fingerprint density at radius 1 is 1.10 bits per heavy atom. The molecule has 0 saturated carbocycles. The molecule has 0 aliphatic heterocycles. The second kappa shape index (κ2) is 6.74. The summed E-state index contributed by atoms with van der Waals surface area (Å²) in [7, 11) is 1.56. The largest absolute Gasteiger partial charge is 0.495 e. The van der Waals surface area contributed by atoms with Crippen molar-refractivity contribution in [2.24, 2.45) is 0 Å². The normalized spacial score (nSPS) is 11.6. The molecule has 2 aromatic rings. The van der Waals surface area contributed by atoms with Crippen molar-refractivity contribution in [1.82, 2.24) is 0 Å². The van der Waals surface area contributed by atoms with Crippen LogP contribution in [0.4, 0.5) is 15.8 Å². The monoisotopic (exact) mass is 288 g/mol. The van der Waals surface area contributed by atoms with Gasteiger partial charge in [0.05, 0.1) is 18.5 Å². The van der Waals surface area contributed by atoms with Crippen LogP contribution in [0, 0.1) is 5.82 Å². The minimum absolute atomic E-state index is 0.163. The molecule has 0 spiro atoms. The van der Waals surface area contributed by atoms with Gasteiger partial charge >= 0.3 is 0 Å². The van der Waals surface area contributed by atoms with E-state index in [4.69, 9.17) is 4.74 Å². The molecule has 0 fully saturated rings. The van der Waals surface area contributed by atoms with Gasteiger partial charge in [-0.05, 0) is 31.2 Å². The molecule has 0 radical (unpaired) electrons. The first-order valence-electron chi connectivity index (χ1n) is 6.56. The first kappa shape index (κ1) is 14.8. The van der Waals surface area contributed by atoms with Crippen LogP contribution in [0.3, 0.4) is 0 Å². The molecule has 0 heterocycles. The summed E-state index contributed by atoms with van der Waals surface area (Å²) in [5.74, 6) is -0.149. The Hall–Kier alpha value is -2.56. The number of hydrogen-bond donors (Lipinski definition) is 2. The molecule has 4 nitrogen and oxygen atoms in total. The molecule has 2 rings (SSSR count). The molecule has 0 aliphatic rings. The summed E-state index contributed by atoms with van der Waals surface area (Å²) in [5, 5.41) is 5.59. The van der Waals surface area contributed by atoms with Crippen molar-refractivity contribution in [3.63, 3.8) is 0 Å². The fraction of sp³-hybridized carbons (Fsp3) is 0.188. The fourth-order valence-electron chi connectivity index (χ4n) is 1.87. The maximum atomic E-state index is 13.5. The summed E-state index contributed by atoms with van der Waals surface area (Å²) in [4.78, 5) is 12.1. The number of carbonyl (C=O) groups is 1. The van der Waals surface area contributed by atoms with E-state index in [1.807, 2.05) is 18.2 Å². The quantitative estimate of drug-likeness (QED) is 0.887. The average Bonchev–Trinajstić information content (AvgIpc) is 2.50. The first-order chi connectivity index (χ1) is 10.1. The minimum atomic E-state index is -0.541. The summed E-state index contributed by atoms with van der Waals surface area (Å²) in [6, 6.07) is 12.8. The van der Waals surface area contributed by atoms with Crippen LogP contribution in [-0.2, 0) is 4.79 Å².